The predicted molar refractivity (Wildman–Crippen MR) is 76.8 cm³/mol. The van der Waals surface area contributed by atoms with E-state index in [9.17, 15) is 4.79 Å². The summed E-state index contributed by atoms with van der Waals surface area (Å²) in [6.07, 6.45) is 0. The molecule has 0 aliphatic heterocycles. The Morgan fingerprint density at radius 3 is 2.80 bits per heavy atom. The molecular weight excluding hydrogens is 254 g/mol. The second-order valence-corrected chi connectivity index (χ2v) is 4.44. The van der Waals surface area contributed by atoms with Crippen molar-refractivity contribution in [2.24, 2.45) is 5.73 Å². The fourth-order valence-electron chi connectivity index (χ4n) is 1.89. The van der Waals surface area contributed by atoms with E-state index in [0.717, 1.165) is 5.56 Å². The van der Waals surface area contributed by atoms with Gasteiger partial charge in [-0.2, -0.15) is 0 Å². The molecule has 2 rings (SSSR count). The van der Waals surface area contributed by atoms with Crippen molar-refractivity contribution in [1.82, 2.24) is 10.3 Å². The van der Waals surface area contributed by atoms with E-state index in [1.165, 1.54) is 0 Å². The third-order valence-corrected chi connectivity index (χ3v) is 2.77. The molecule has 1 heterocycles. The normalized spacial score (nSPS) is 10.3. The Labute approximate surface area is 117 Å². The zero-order valence-electron chi connectivity index (χ0n) is 11.5. The molecule has 20 heavy (non-hydrogen) atoms. The Bertz CT molecular complexity index is 626. The number of benzene rings is 1. The van der Waals surface area contributed by atoms with Gasteiger partial charge in [0.25, 0.3) is 0 Å². The lowest BCUT2D eigenvalue weighted by Crippen LogP contribution is -2.12. The zero-order valence-corrected chi connectivity index (χ0v) is 11.5. The van der Waals surface area contributed by atoms with E-state index in [2.05, 4.69) is 10.3 Å². The lowest BCUT2D eigenvalue weighted by Gasteiger charge is -2.11. The molecule has 0 spiro atoms. The van der Waals surface area contributed by atoms with E-state index in [4.69, 9.17) is 10.5 Å². The van der Waals surface area contributed by atoms with Gasteiger partial charge in [-0.15, -0.1) is 0 Å². The van der Waals surface area contributed by atoms with Crippen molar-refractivity contribution >= 4 is 5.91 Å². The van der Waals surface area contributed by atoms with Crippen LogP contribution in [0.2, 0.25) is 0 Å². The predicted octanol–water partition coefficient (Wildman–Crippen LogP) is 2.00. The first-order valence-corrected chi connectivity index (χ1v) is 6.29. The highest BCUT2D eigenvalue weighted by molar-refractivity contribution is 5.93. The number of hydrogen-bond donors (Lipinski definition) is 2. The van der Waals surface area contributed by atoms with E-state index in [0.29, 0.717) is 29.4 Å². The standard InChI is InChI=1S/C15H17N3O2/c1-10-7-12(15(16)19)8-14(18-10)20-13-6-4-3-5-11(13)9-17-2/h3-8,17H,9H2,1-2H3,(H2,16,19). The molecule has 104 valence electrons. The van der Waals surface area contributed by atoms with Crippen molar-refractivity contribution in [2.75, 3.05) is 7.05 Å². The number of amides is 1. The zero-order chi connectivity index (χ0) is 14.5. The Morgan fingerprint density at radius 1 is 1.35 bits per heavy atom. The van der Waals surface area contributed by atoms with Crippen LogP contribution in [0.3, 0.4) is 0 Å². The van der Waals surface area contributed by atoms with E-state index in [1.807, 2.05) is 31.3 Å². The third kappa shape index (κ3) is 3.33. The maximum atomic E-state index is 11.3. The van der Waals surface area contributed by atoms with Gasteiger partial charge >= 0.3 is 0 Å². The van der Waals surface area contributed by atoms with E-state index in [-0.39, 0.29) is 0 Å². The summed E-state index contributed by atoms with van der Waals surface area (Å²) in [5.41, 5.74) is 7.37. The molecule has 5 nitrogen and oxygen atoms in total. The number of carbonyl (C=O) groups excluding carboxylic acids is 1. The monoisotopic (exact) mass is 271 g/mol. The lowest BCUT2D eigenvalue weighted by molar-refractivity contribution is 0.0999. The number of aryl methyl sites for hydroxylation is 1. The van der Waals surface area contributed by atoms with Gasteiger partial charge in [-0.05, 0) is 26.1 Å². The van der Waals surface area contributed by atoms with Crippen LogP contribution < -0.4 is 15.8 Å². The SMILES string of the molecule is CNCc1ccccc1Oc1cc(C(N)=O)cc(C)n1. The average molecular weight is 271 g/mol. The first kappa shape index (κ1) is 14.0. The minimum Gasteiger partial charge on any atom is -0.439 e. The topological polar surface area (TPSA) is 77.2 Å². The third-order valence-electron chi connectivity index (χ3n) is 2.77. The van der Waals surface area contributed by atoms with Gasteiger partial charge in [0.1, 0.15) is 5.75 Å². The van der Waals surface area contributed by atoms with Crippen molar-refractivity contribution < 1.29 is 9.53 Å². The summed E-state index contributed by atoms with van der Waals surface area (Å²) in [6, 6.07) is 10.8. The molecule has 1 amide bonds. The Kier molecular flexibility index (Phi) is 4.32. The molecule has 1 aromatic carbocycles. The van der Waals surface area contributed by atoms with Crippen LogP contribution >= 0.6 is 0 Å². The fourth-order valence-corrected chi connectivity index (χ4v) is 1.89. The number of primary amides is 1. The van der Waals surface area contributed by atoms with Crippen LogP contribution in [-0.4, -0.2) is 17.9 Å². The Hall–Kier alpha value is -2.40. The van der Waals surface area contributed by atoms with Crippen molar-refractivity contribution in [1.29, 1.82) is 0 Å². The molecule has 0 saturated heterocycles. The summed E-state index contributed by atoms with van der Waals surface area (Å²) < 4.78 is 5.77. The molecule has 2 aromatic rings. The minimum absolute atomic E-state index is 0.363. The van der Waals surface area contributed by atoms with Gasteiger partial charge in [-0.1, -0.05) is 18.2 Å². The van der Waals surface area contributed by atoms with Crippen molar-refractivity contribution in [2.45, 2.75) is 13.5 Å². The van der Waals surface area contributed by atoms with Crippen LogP contribution in [0.5, 0.6) is 11.6 Å². The summed E-state index contributed by atoms with van der Waals surface area (Å²) in [4.78, 5) is 15.5. The fraction of sp³-hybridized carbons (Fsp3) is 0.200. The van der Waals surface area contributed by atoms with Gasteiger partial charge in [0, 0.05) is 29.4 Å². The van der Waals surface area contributed by atoms with Crippen LogP contribution in [0.25, 0.3) is 0 Å². The Morgan fingerprint density at radius 2 is 2.10 bits per heavy atom. The van der Waals surface area contributed by atoms with Crippen LogP contribution in [0, 0.1) is 6.92 Å². The molecule has 0 atom stereocenters. The second-order valence-electron chi connectivity index (χ2n) is 4.44. The number of nitrogens with one attached hydrogen (secondary N) is 1. The molecular formula is C15H17N3O2. The van der Waals surface area contributed by atoms with E-state index >= 15 is 0 Å². The number of carbonyl (C=O) groups is 1. The first-order chi connectivity index (χ1) is 9.60. The van der Waals surface area contributed by atoms with Crippen LogP contribution in [0.4, 0.5) is 0 Å². The highest BCUT2D eigenvalue weighted by Crippen LogP contribution is 2.24. The largest absolute Gasteiger partial charge is 0.439 e. The van der Waals surface area contributed by atoms with E-state index < -0.39 is 5.91 Å². The van der Waals surface area contributed by atoms with Gasteiger partial charge in [-0.25, -0.2) is 4.98 Å². The molecule has 3 N–H and O–H groups in total. The summed E-state index contributed by atoms with van der Waals surface area (Å²) in [5, 5.41) is 3.08. The number of pyridine rings is 1. The van der Waals surface area contributed by atoms with Gasteiger partial charge in [0.2, 0.25) is 11.8 Å². The highest BCUT2D eigenvalue weighted by Gasteiger charge is 2.09. The summed E-state index contributed by atoms with van der Waals surface area (Å²) in [6.45, 7) is 2.48. The first-order valence-electron chi connectivity index (χ1n) is 6.29. The van der Waals surface area contributed by atoms with Gasteiger partial charge in [-0.3, -0.25) is 4.79 Å². The van der Waals surface area contributed by atoms with Crippen LogP contribution in [-0.2, 0) is 6.54 Å². The lowest BCUT2D eigenvalue weighted by atomic mass is 10.2. The molecule has 0 bridgehead atoms. The molecule has 0 fully saturated rings. The minimum atomic E-state index is -0.496. The smallest absolute Gasteiger partial charge is 0.248 e. The molecule has 0 radical (unpaired) electrons. The van der Waals surface area contributed by atoms with Crippen molar-refractivity contribution in [3.63, 3.8) is 0 Å². The van der Waals surface area contributed by atoms with Crippen LogP contribution in [0.15, 0.2) is 36.4 Å². The number of ether oxygens (including phenoxy) is 1. The molecule has 1 aromatic heterocycles. The van der Waals surface area contributed by atoms with Gasteiger partial charge in [0.05, 0.1) is 0 Å². The number of para-hydroxylation sites is 1. The van der Waals surface area contributed by atoms with Crippen LogP contribution in [0.1, 0.15) is 21.6 Å². The van der Waals surface area contributed by atoms with E-state index in [1.54, 1.807) is 19.1 Å². The summed E-state index contributed by atoms with van der Waals surface area (Å²) in [5.74, 6) is 0.571. The molecule has 0 aliphatic rings. The maximum Gasteiger partial charge on any atom is 0.248 e. The number of hydrogen-bond acceptors (Lipinski definition) is 4. The van der Waals surface area contributed by atoms with Crippen molar-refractivity contribution in [3.05, 3.63) is 53.2 Å². The molecule has 0 aliphatic carbocycles. The second kappa shape index (κ2) is 6.16. The summed E-state index contributed by atoms with van der Waals surface area (Å²) in [7, 11) is 1.87. The van der Waals surface area contributed by atoms with Gasteiger partial charge < -0.3 is 15.8 Å². The molecule has 0 unspecified atom stereocenters. The number of rotatable bonds is 5. The number of nitrogens with two attached hydrogens (primary N) is 1. The van der Waals surface area contributed by atoms with Gasteiger partial charge in [0.15, 0.2) is 0 Å². The van der Waals surface area contributed by atoms with Crippen molar-refractivity contribution in [3.8, 4) is 11.6 Å². The molecule has 0 saturated carbocycles. The average Bonchev–Trinajstić information content (AvgIpc) is 2.40. The number of nitrogens with zero attached hydrogens (tertiary/aromatic N) is 1. The number of aromatic nitrogens is 1. The quantitative estimate of drug-likeness (QED) is 0.872. The summed E-state index contributed by atoms with van der Waals surface area (Å²) >= 11 is 0. The molecule has 5 heteroatoms. The Balaban J connectivity index is 2.32. The maximum absolute atomic E-state index is 11.3. The highest BCUT2D eigenvalue weighted by atomic mass is 16.5.